The van der Waals surface area contributed by atoms with E-state index in [1.807, 2.05) is 18.2 Å². The van der Waals surface area contributed by atoms with Crippen LogP contribution < -0.4 is 19.9 Å². The highest BCUT2D eigenvalue weighted by Gasteiger charge is 2.45. The second-order valence-corrected chi connectivity index (χ2v) is 12.7. The predicted molar refractivity (Wildman–Crippen MR) is 156 cm³/mol. The van der Waals surface area contributed by atoms with Crippen LogP contribution in [0.3, 0.4) is 0 Å². The lowest BCUT2D eigenvalue weighted by atomic mass is 9.95. The van der Waals surface area contributed by atoms with E-state index in [1.165, 1.54) is 50.2 Å². The third-order valence-corrected chi connectivity index (χ3v) is 10.4. The van der Waals surface area contributed by atoms with Crippen LogP contribution in [0.25, 0.3) is 10.8 Å². The van der Waals surface area contributed by atoms with Crippen molar-refractivity contribution in [3.63, 3.8) is 0 Å². The van der Waals surface area contributed by atoms with Gasteiger partial charge in [-0.05, 0) is 82.0 Å². The monoisotopic (exact) mass is 560 g/mol. The van der Waals surface area contributed by atoms with Crippen LogP contribution in [-0.2, 0) is 13.0 Å². The van der Waals surface area contributed by atoms with Gasteiger partial charge in [0, 0.05) is 48.4 Å². The third-order valence-electron chi connectivity index (χ3n) is 10.4. The van der Waals surface area contributed by atoms with Crippen molar-refractivity contribution in [1.29, 1.82) is 0 Å². The van der Waals surface area contributed by atoms with Gasteiger partial charge >= 0.3 is 6.01 Å². The number of nitrogens with zero attached hydrogens (tertiary/aromatic N) is 5. The number of hydrogen-bond acceptors (Lipinski definition) is 7. The van der Waals surface area contributed by atoms with Crippen LogP contribution >= 0.6 is 0 Å². The molecule has 2 bridgehead atoms. The quantitative estimate of drug-likeness (QED) is 0.481. The topological polar surface area (TPSA) is 56.8 Å². The highest BCUT2D eigenvalue weighted by atomic mass is 19.2. The summed E-state index contributed by atoms with van der Waals surface area (Å²) < 4.78 is 35.9. The maximum absolute atomic E-state index is 15.1. The second kappa shape index (κ2) is 10.1. The van der Waals surface area contributed by atoms with E-state index in [0.29, 0.717) is 54.3 Å². The third kappa shape index (κ3) is 4.35. The average Bonchev–Trinajstić information content (AvgIpc) is 3.42. The predicted octanol–water partition coefficient (Wildman–Crippen LogP) is 4.81. The lowest BCUT2D eigenvalue weighted by Gasteiger charge is -2.41. The van der Waals surface area contributed by atoms with Gasteiger partial charge in [-0.15, -0.1) is 0 Å². The first-order chi connectivity index (χ1) is 20.1. The molecule has 9 rings (SSSR count). The molecule has 0 amide bonds. The van der Waals surface area contributed by atoms with Crippen molar-refractivity contribution in [3.05, 3.63) is 53.2 Å². The summed E-state index contributed by atoms with van der Waals surface area (Å²) in [4.78, 5) is 17.4. The van der Waals surface area contributed by atoms with Crippen molar-refractivity contribution in [2.75, 3.05) is 49.1 Å². The number of aromatic nitrogens is 2. The Morgan fingerprint density at radius 2 is 1.88 bits per heavy atom. The Bertz CT molecular complexity index is 1470. The van der Waals surface area contributed by atoms with Gasteiger partial charge in [0.05, 0.1) is 17.8 Å². The SMILES string of the molecule is Fc1ccc2cccc(N3CCc4c(nc(OCC56CCCN5CCC6)nc4N4CC5CCCC4CN5)C3)c2c1F. The van der Waals surface area contributed by atoms with Gasteiger partial charge in [-0.25, -0.2) is 8.78 Å². The van der Waals surface area contributed by atoms with E-state index in [-0.39, 0.29) is 5.54 Å². The molecule has 0 spiro atoms. The zero-order chi connectivity index (χ0) is 27.6. The number of halogens is 2. The van der Waals surface area contributed by atoms with Gasteiger partial charge in [0.2, 0.25) is 0 Å². The minimum Gasteiger partial charge on any atom is -0.461 e. The Morgan fingerprint density at radius 3 is 2.76 bits per heavy atom. The Kier molecular flexibility index (Phi) is 6.29. The van der Waals surface area contributed by atoms with Crippen LogP contribution in [0.15, 0.2) is 30.3 Å². The van der Waals surface area contributed by atoms with Crippen LogP contribution in [0.5, 0.6) is 6.01 Å². The van der Waals surface area contributed by atoms with Crippen LogP contribution in [0.4, 0.5) is 20.3 Å². The molecule has 0 saturated carbocycles. The number of hydrogen-bond donors (Lipinski definition) is 1. The summed E-state index contributed by atoms with van der Waals surface area (Å²) in [6.07, 6.45) is 9.11. The molecule has 0 radical (unpaired) electrons. The van der Waals surface area contributed by atoms with Crippen LogP contribution in [0.2, 0.25) is 0 Å². The van der Waals surface area contributed by atoms with Gasteiger partial charge in [-0.2, -0.15) is 9.97 Å². The number of benzene rings is 2. The smallest absolute Gasteiger partial charge is 0.318 e. The molecule has 2 atom stereocenters. The van der Waals surface area contributed by atoms with Crippen molar-refractivity contribution in [1.82, 2.24) is 20.2 Å². The molecule has 2 aromatic carbocycles. The van der Waals surface area contributed by atoms with Gasteiger partial charge < -0.3 is 19.9 Å². The number of fused-ring (bicyclic) bond motifs is 7. The molecule has 216 valence electrons. The highest BCUT2D eigenvalue weighted by Crippen LogP contribution is 2.40. The molecule has 0 aliphatic carbocycles. The van der Waals surface area contributed by atoms with Gasteiger partial charge in [0.15, 0.2) is 11.6 Å². The van der Waals surface area contributed by atoms with E-state index >= 15 is 4.39 Å². The number of piperazine rings is 1. The molecule has 2 unspecified atom stereocenters. The molecular weight excluding hydrogens is 522 g/mol. The van der Waals surface area contributed by atoms with Crippen LogP contribution in [0, 0.1) is 11.6 Å². The lowest BCUT2D eigenvalue weighted by molar-refractivity contribution is 0.107. The first kappa shape index (κ1) is 25.7. The van der Waals surface area contributed by atoms with Crippen LogP contribution in [0.1, 0.15) is 56.2 Å². The zero-order valence-electron chi connectivity index (χ0n) is 23.5. The molecule has 9 heteroatoms. The molecule has 6 aliphatic rings. The standard InChI is InChI=1S/C32H38F2N6O/c33-25-10-9-21-5-1-8-27(28(21)29(25)34)38-16-11-24-26(19-38)36-31(41-20-32-12-3-14-39(32)15-4-13-32)37-30(24)40-18-22-6-2-7-23(40)17-35-22/h1,5,8-10,22-23,35H,2-4,6-7,11-20H2. The van der Waals surface area contributed by atoms with Gasteiger partial charge in [0.1, 0.15) is 12.4 Å². The normalized spacial score (nSPS) is 25.4. The van der Waals surface area contributed by atoms with Gasteiger partial charge in [-0.1, -0.05) is 18.2 Å². The summed E-state index contributed by atoms with van der Waals surface area (Å²) in [6.45, 7) is 6.05. The van der Waals surface area contributed by atoms with E-state index in [9.17, 15) is 4.39 Å². The fourth-order valence-corrected chi connectivity index (χ4v) is 8.29. The summed E-state index contributed by atoms with van der Waals surface area (Å²) in [5.41, 5.74) is 2.93. The average molecular weight is 561 g/mol. The summed E-state index contributed by atoms with van der Waals surface area (Å²) in [5, 5.41) is 4.75. The molecular formula is C32H38F2N6O. The second-order valence-electron chi connectivity index (χ2n) is 12.7. The van der Waals surface area contributed by atoms with E-state index in [0.717, 1.165) is 50.5 Å². The zero-order valence-corrected chi connectivity index (χ0v) is 23.5. The lowest BCUT2D eigenvalue weighted by Crippen LogP contribution is -2.55. The van der Waals surface area contributed by atoms with Gasteiger partial charge in [0.25, 0.3) is 0 Å². The van der Waals surface area contributed by atoms with Crippen molar-refractivity contribution in [2.45, 2.75) is 75.5 Å². The maximum Gasteiger partial charge on any atom is 0.318 e. The minimum atomic E-state index is -0.820. The molecule has 6 aliphatic heterocycles. The summed E-state index contributed by atoms with van der Waals surface area (Å²) in [5.74, 6) is -0.591. The molecule has 7 nitrogen and oxygen atoms in total. The first-order valence-electron chi connectivity index (χ1n) is 15.5. The Hall–Kier alpha value is -3.04. The maximum atomic E-state index is 15.1. The Morgan fingerprint density at radius 1 is 1.00 bits per heavy atom. The Balaban J connectivity index is 1.17. The van der Waals surface area contributed by atoms with E-state index in [4.69, 9.17) is 14.7 Å². The van der Waals surface area contributed by atoms with Crippen molar-refractivity contribution in [3.8, 4) is 6.01 Å². The molecule has 1 N–H and O–H groups in total. The highest BCUT2D eigenvalue weighted by molar-refractivity contribution is 5.95. The number of anilines is 2. The van der Waals surface area contributed by atoms with E-state index in [1.54, 1.807) is 6.07 Å². The fourth-order valence-electron chi connectivity index (χ4n) is 8.29. The molecule has 1 aromatic heterocycles. The van der Waals surface area contributed by atoms with Gasteiger partial charge in [-0.3, -0.25) is 4.90 Å². The Labute approximate surface area is 239 Å². The largest absolute Gasteiger partial charge is 0.461 e. The fraction of sp³-hybridized carbons (Fsp3) is 0.562. The van der Waals surface area contributed by atoms with Crippen molar-refractivity contribution < 1.29 is 13.5 Å². The molecule has 3 aromatic rings. The molecule has 41 heavy (non-hydrogen) atoms. The van der Waals surface area contributed by atoms with E-state index in [2.05, 4.69) is 20.0 Å². The minimum absolute atomic E-state index is 0.113. The molecule has 5 fully saturated rings. The van der Waals surface area contributed by atoms with E-state index < -0.39 is 11.6 Å². The van der Waals surface area contributed by atoms with Crippen molar-refractivity contribution in [2.24, 2.45) is 0 Å². The molecule has 7 heterocycles. The number of ether oxygens (including phenoxy) is 1. The number of nitrogens with one attached hydrogen (secondary N) is 1. The summed E-state index contributed by atoms with van der Waals surface area (Å²) in [6, 6.07) is 9.84. The summed E-state index contributed by atoms with van der Waals surface area (Å²) in [7, 11) is 0. The van der Waals surface area contributed by atoms with Crippen molar-refractivity contribution >= 4 is 22.3 Å². The number of rotatable bonds is 5. The van der Waals surface area contributed by atoms with Crippen LogP contribution in [-0.4, -0.2) is 71.8 Å². The summed E-state index contributed by atoms with van der Waals surface area (Å²) >= 11 is 0. The molecule has 5 saturated heterocycles. The first-order valence-corrected chi connectivity index (χ1v) is 15.5.